The second-order valence-electron chi connectivity index (χ2n) is 6.99. The maximum absolute atomic E-state index is 12.1. The third-order valence-corrected chi connectivity index (χ3v) is 5.10. The summed E-state index contributed by atoms with van der Waals surface area (Å²) in [5, 5.41) is 3.61. The van der Waals surface area contributed by atoms with Crippen molar-refractivity contribution in [3.8, 4) is 0 Å². The number of hydrogen-bond donors (Lipinski definition) is 2. The van der Waals surface area contributed by atoms with E-state index in [2.05, 4.69) is 17.1 Å². The zero-order valence-corrected chi connectivity index (χ0v) is 12.0. The molecule has 3 N–H and O–H groups in total. The highest BCUT2D eigenvalue weighted by Crippen LogP contribution is 2.42. The zero-order valence-electron chi connectivity index (χ0n) is 12.0. The van der Waals surface area contributed by atoms with Gasteiger partial charge in [0.05, 0.1) is 0 Å². The van der Waals surface area contributed by atoms with Crippen molar-refractivity contribution in [3.63, 3.8) is 0 Å². The average Bonchev–Trinajstić information content (AvgIpc) is 3.24. The summed E-state index contributed by atoms with van der Waals surface area (Å²) < 4.78 is 0. The molecule has 0 aromatic rings. The van der Waals surface area contributed by atoms with Crippen molar-refractivity contribution in [1.82, 2.24) is 10.2 Å². The summed E-state index contributed by atoms with van der Waals surface area (Å²) >= 11 is 0. The molecular formula is C15H27N3O. The quantitative estimate of drug-likeness (QED) is 0.756. The molecule has 0 radical (unpaired) electrons. The molecule has 2 saturated carbocycles. The average molecular weight is 265 g/mol. The highest BCUT2D eigenvalue weighted by molar-refractivity contribution is 5.86. The van der Waals surface area contributed by atoms with Gasteiger partial charge in [-0.25, -0.2) is 0 Å². The number of primary amides is 1. The SMILES string of the molecule is CC1CCN(CC(NC2CC2)(C(N)=O)C2CC2)CC1. The monoisotopic (exact) mass is 265 g/mol. The first-order valence-corrected chi connectivity index (χ1v) is 7.90. The Morgan fingerprint density at radius 2 is 1.84 bits per heavy atom. The molecule has 1 atom stereocenters. The predicted octanol–water partition coefficient (Wildman–Crippen LogP) is 1.10. The van der Waals surface area contributed by atoms with Crippen LogP contribution in [-0.4, -0.2) is 42.0 Å². The van der Waals surface area contributed by atoms with E-state index in [0.29, 0.717) is 12.0 Å². The van der Waals surface area contributed by atoms with Crippen LogP contribution in [0.15, 0.2) is 0 Å². The van der Waals surface area contributed by atoms with E-state index in [1.807, 2.05) is 0 Å². The molecule has 1 unspecified atom stereocenters. The first-order valence-electron chi connectivity index (χ1n) is 7.90. The third-order valence-electron chi connectivity index (χ3n) is 5.10. The van der Waals surface area contributed by atoms with Crippen LogP contribution in [0.25, 0.3) is 0 Å². The van der Waals surface area contributed by atoms with Gasteiger partial charge in [0.25, 0.3) is 0 Å². The van der Waals surface area contributed by atoms with Gasteiger partial charge in [0.2, 0.25) is 5.91 Å². The zero-order chi connectivity index (χ0) is 13.5. The number of nitrogens with zero attached hydrogens (tertiary/aromatic N) is 1. The van der Waals surface area contributed by atoms with Gasteiger partial charge >= 0.3 is 0 Å². The van der Waals surface area contributed by atoms with Gasteiger partial charge in [0.1, 0.15) is 5.54 Å². The first kappa shape index (κ1) is 13.4. The lowest BCUT2D eigenvalue weighted by Gasteiger charge is -2.40. The van der Waals surface area contributed by atoms with E-state index in [-0.39, 0.29) is 5.91 Å². The molecule has 2 aliphatic carbocycles. The normalized spacial score (nSPS) is 29.1. The van der Waals surface area contributed by atoms with Gasteiger partial charge in [0, 0.05) is 12.6 Å². The number of piperidine rings is 1. The molecule has 1 amide bonds. The van der Waals surface area contributed by atoms with Crippen LogP contribution in [0.4, 0.5) is 0 Å². The molecule has 0 bridgehead atoms. The molecule has 3 rings (SSSR count). The van der Waals surface area contributed by atoms with E-state index in [9.17, 15) is 4.79 Å². The number of carbonyl (C=O) groups excluding carboxylic acids is 1. The first-order chi connectivity index (χ1) is 9.10. The molecular weight excluding hydrogens is 238 g/mol. The van der Waals surface area contributed by atoms with E-state index >= 15 is 0 Å². The summed E-state index contributed by atoms with van der Waals surface area (Å²) in [4.78, 5) is 14.6. The highest BCUT2D eigenvalue weighted by atomic mass is 16.1. The van der Waals surface area contributed by atoms with Crippen LogP contribution < -0.4 is 11.1 Å². The van der Waals surface area contributed by atoms with Gasteiger partial charge in [-0.05, 0) is 63.5 Å². The molecule has 1 heterocycles. The second-order valence-corrected chi connectivity index (χ2v) is 6.99. The molecule has 1 aliphatic heterocycles. The smallest absolute Gasteiger partial charge is 0.239 e. The largest absolute Gasteiger partial charge is 0.368 e. The van der Waals surface area contributed by atoms with Crippen LogP contribution in [0.5, 0.6) is 0 Å². The summed E-state index contributed by atoms with van der Waals surface area (Å²) in [7, 11) is 0. The van der Waals surface area contributed by atoms with E-state index in [0.717, 1.165) is 38.4 Å². The summed E-state index contributed by atoms with van der Waals surface area (Å²) in [6.45, 7) is 5.39. The molecule has 0 aromatic carbocycles. The summed E-state index contributed by atoms with van der Waals surface area (Å²) in [6.07, 6.45) is 7.24. The van der Waals surface area contributed by atoms with Gasteiger partial charge in [-0.15, -0.1) is 0 Å². The molecule has 4 heteroatoms. The number of nitrogens with two attached hydrogens (primary N) is 1. The molecule has 0 spiro atoms. The fraction of sp³-hybridized carbons (Fsp3) is 0.933. The van der Waals surface area contributed by atoms with Crippen molar-refractivity contribution in [2.45, 2.75) is 57.0 Å². The van der Waals surface area contributed by atoms with Crippen molar-refractivity contribution >= 4 is 5.91 Å². The maximum atomic E-state index is 12.1. The Morgan fingerprint density at radius 3 is 2.32 bits per heavy atom. The summed E-state index contributed by atoms with van der Waals surface area (Å²) in [5.41, 5.74) is 5.36. The molecule has 4 nitrogen and oxygen atoms in total. The van der Waals surface area contributed by atoms with E-state index in [4.69, 9.17) is 5.73 Å². The minimum Gasteiger partial charge on any atom is -0.368 e. The predicted molar refractivity (Wildman–Crippen MR) is 75.6 cm³/mol. The molecule has 3 fully saturated rings. The summed E-state index contributed by atoms with van der Waals surface area (Å²) in [5.74, 6) is 1.18. The number of nitrogens with one attached hydrogen (secondary N) is 1. The lowest BCUT2D eigenvalue weighted by Crippen LogP contribution is -2.64. The Bertz CT molecular complexity index is 343. The van der Waals surface area contributed by atoms with Crippen LogP contribution in [-0.2, 0) is 4.79 Å². The van der Waals surface area contributed by atoms with Gasteiger partial charge in [-0.3, -0.25) is 10.1 Å². The van der Waals surface area contributed by atoms with E-state index < -0.39 is 5.54 Å². The van der Waals surface area contributed by atoms with Crippen LogP contribution in [0.2, 0.25) is 0 Å². The van der Waals surface area contributed by atoms with Crippen molar-refractivity contribution in [3.05, 3.63) is 0 Å². The third kappa shape index (κ3) is 2.95. The number of amides is 1. The van der Waals surface area contributed by atoms with Crippen LogP contribution in [0, 0.1) is 11.8 Å². The Morgan fingerprint density at radius 1 is 1.21 bits per heavy atom. The topological polar surface area (TPSA) is 58.4 Å². The molecule has 19 heavy (non-hydrogen) atoms. The number of rotatable bonds is 6. The number of likely N-dealkylation sites (tertiary alicyclic amines) is 1. The fourth-order valence-electron chi connectivity index (χ4n) is 3.38. The molecule has 3 aliphatic rings. The lowest BCUT2D eigenvalue weighted by molar-refractivity contribution is -0.126. The van der Waals surface area contributed by atoms with Crippen molar-refractivity contribution in [2.75, 3.05) is 19.6 Å². The van der Waals surface area contributed by atoms with E-state index in [1.165, 1.54) is 25.7 Å². The summed E-state index contributed by atoms with van der Waals surface area (Å²) in [6, 6.07) is 0.539. The van der Waals surface area contributed by atoms with Crippen LogP contribution >= 0.6 is 0 Å². The van der Waals surface area contributed by atoms with Gasteiger partial charge in [0.15, 0.2) is 0 Å². The minimum atomic E-state index is -0.443. The van der Waals surface area contributed by atoms with Gasteiger partial charge in [-0.1, -0.05) is 6.92 Å². The lowest BCUT2D eigenvalue weighted by atomic mass is 9.89. The highest BCUT2D eigenvalue weighted by Gasteiger charge is 2.52. The van der Waals surface area contributed by atoms with E-state index in [1.54, 1.807) is 0 Å². The standard InChI is InChI=1S/C15H27N3O/c1-11-6-8-18(9-7-11)10-15(14(16)19,12-2-3-12)17-13-4-5-13/h11-13,17H,2-10H2,1H3,(H2,16,19). The van der Waals surface area contributed by atoms with Crippen molar-refractivity contribution in [1.29, 1.82) is 0 Å². The molecule has 1 saturated heterocycles. The Hall–Kier alpha value is -0.610. The Balaban J connectivity index is 1.68. The Labute approximate surface area is 116 Å². The van der Waals surface area contributed by atoms with Crippen molar-refractivity contribution in [2.24, 2.45) is 17.6 Å². The minimum absolute atomic E-state index is 0.125. The van der Waals surface area contributed by atoms with Gasteiger partial charge in [-0.2, -0.15) is 0 Å². The number of hydrogen-bond acceptors (Lipinski definition) is 3. The van der Waals surface area contributed by atoms with Gasteiger partial charge < -0.3 is 10.6 Å². The van der Waals surface area contributed by atoms with Crippen LogP contribution in [0.1, 0.15) is 45.4 Å². The molecule has 0 aromatic heterocycles. The van der Waals surface area contributed by atoms with Crippen LogP contribution in [0.3, 0.4) is 0 Å². The Kier molecular flexibility index (Phi) is 3.56. The number of carbonyl (C=O) groups is 1. The van der Waals surface area contributed by atoms with Crippen molar-refractivity contribution < 1.29 is 4.79 Å². The second kappa shape index (κ2) is 5.06. The molecule has 108 valence electrons. The fourth-order valence-corrected chi connectivity index (χ4v) is 3.38. The maximum Gasteiger partial charge on any atom is 0.239 e.